The number of halogens is 4. The van der Waals surface area contributed by atoms with Gasteiger partial charge in [0.25, 0.3) is 17.7 Å². The Bertz CT molecular complexity index is 1190. The van der Waals surface area contributed by atoms with Gasteiger partial charge in [0.05, 0.1) is 0 Å². The predicted molar refractivity (Wildman–Crippen MR) is 104 cm³/mol. The Morgan fingerprint density at radius 3 is 2.72 bits per heavy atom. The van der Waals surface area contributed by atoms with E-state index in [-0.39, 0.29) is 30.6 Å². The first-order valence-corrected chi connectivity index (χ1v) is 9.89. The Morgan fingerprint density at radius 2 is 2.00 bits per heavy atom. The van der Waals surface area contributed by atoms with Crippen LogP contribution >= 0.6 is 0 Å². The van der Waals surface area contributed by atoms with Crippen molar-refractivity contribution in [3.63, 3.8) is 0 Å². The third kappa shape index (κ3) is 3.41. The zero-order valence-electron chi connectivity index (χ0n) is 16.9. The summed E-state index contributed by atoms with van der Waals surface area (Å²) in [5, 5.41) is 12.6. The van der Waals surface area contributed by atoms with Gasteiger partial charge in [-0.3, -0.25) is 14.4 Å². The number of alkyl halides is 2. The molecule has 2 aliphatic rings. The van der Waals surface area contributed by atoms with Crippen molar-refractivity contribution in [1.82, 2.24) is 14.8 Å². The first-order chi connectivity index (χ1) is 15.0. The van der Waals surface area contributed by atoms with Crippen LogP contribution in [0, 0.1) is 18.6 Å². The van der Waals surface area contributed by atoms with Gasteiger partial charge in [0, 0.05) is 43.4 Å². The summed E-state index contributed by atoms with van der Waals surface area (Å²) in [5.41, 5.74) is -2.78. The fraction of sp³-hybridized carbons (Fsp3) is 0.381. The van der Waals surface area contributed by atoms with Crippen molar-refractivity contribution in [3.05, 3.63) is 62.6 Å². The number of nitrogens with zero attached hydrogens (tertiary/aromatic N) is 2. The summed E-state index contributed by atoms with van der Waals surface area (Å²) >= 11 is 0. The molecule has 1 atom stereocenters. The second-order valence-corrected chi connectivity index (χ2v) is 7.94. The molecule has 32 heavy (non-hydrogen) atoms. The van der Waals surface area contributed by atoms with Crippen LogP contribution in [0.3, 0.4) is 0 Å². The number of carbonyl (C=O) groups is 2. The van der Waals surface area contributed by atoms with Gasteiger partial charge in [0.15, 0.2) is 11.4 Å². The Balaban J connectivity index is 1.71. The lowest BCUT2D eigenvalue weighted by atomic mass is 10.0. The van der Waals surface area contributed by atoms with Crippen LogP contribution in [0.25, 0.3) is 0 Å². The van der Waals surface area contributed by atoms with E-state index in [9.17, 15) is 37.1 Å². The summed E-state index contributed by atoms with van der Waals surface area (Å²) in [5.74, 6) is -7.82. The molecule has 4 rings (SSSR count). The minimum atomic E-state index is -3.24. The topological polar surface area (TPSA) is 91.6 Å². The molecule has 0 unspecified atom stereocenters. The summed E-state index contributed by atoms with van der Waals surface area (Å²) in [7, 11) is 0. The minimum Gasteiger partial charge on any atom is -0.503 e. The Morgan fingerprint density at radius 1 is 1.28 bits per heavy atom. The van der Waals surface area contributed by atoms with Gasteiger partial charge in [0.1, 0.15) is 23.2 Å². The van der Waals surface area contributed by atoms with Gasteiger partial charge in [-0.1, -0.05) is 6.07 Å². The fourth-order valence-electron chi connectivity index (χ4n) is 4.10. The number of pyridine rings is 1. The van der Waals surface area contributed by atoms with E-state index in [0.717, 1.165) is 27.8 Å². The molecule has 0 aliphatic carbocycles. The van der Waals surface area contributed by atoms with Crippen LogP contribution in [0.15, 0.2) is 23.1 Å². The number of aromatic hydroxyl groups is 1. The van der Waals surface area contributed by atoms with Crippen molar-refractivity contribution >= 4 is 11.8 Å². The van der Waals surface area contributed by atoms with E-state index in [1.807, 2.05) is 0 Å². The van der Waals surface area contributed by atoms with Crippen molar-refractivity contribution in [2.24, 2.45) is 0 Å². The van der Waals surface area contributed by atoms with E-state index in [2.05, 4.69) is 5.32 Å². The first kappa shape index (κ1) is 21.8. The molecule has 2 aliphatic heterocycles. The van der Waals surface area contributed by atoms with Crippen LogP contribution in [0.1, 0.15) is 50.9 Å². The van der Waals surface area contributed by atoms with E-state index < -0.39 is 70.8 Å². The molecule has 2 N–H and O–H groups in total. The molecule has 170 valence electrons. The van der Waals surface area contributed by atoms with Gasteiger partial charge in [-0.15, -0.1) is 0 Å². The smallest absolute Gasteiger partial charge is 0.274 e. The number of hydrogen-bond donors (Lipinski definition) is 2. The van der Waals surface area contributed by atoms with E-state index >= 15 is 0 Å². The summed E-state index contributed by atoms with van der Waals surface area (Å²) in [4.78, 5) is 39.0. The number of carbonyl (C=O) groups excluding carboxylic acids is 2. The molecule has 2 bridgehead atoms. The molecule has 2 amide bonds. The summed E-state index contributed by atoms with van der Waals surface area (Å²) < 4.78 is 57.8. The standard InChI is InChI=1S/C21H19F4N3O4/c1-10-13(22)4-3-11(15(10)23)7-26-19(31)12-8-28-14-9-27(6-2-5-21(14,24)25)20(32)16(28)18(30)17(12)29/h3-4,8,14,30H,2,5-7,9H2,1H3,(H,26,31)/t14-/m0/s1. The lowest BCUT2D eigenvalue weighted by molar-refractivity contribution is -0.0597. The van der Waals surface area contributed by atoms with Crippen LogP contribution in [-0.2, 0) is 6.54 Å². The zero-order chi connectivity index (χ0) is 23.4. The molecule has 3 heterocycles. The monoisotopic (exact) mass is 453 g/mol. The molecule has 11 heteroatoms. The Labute approximate surface area is 179 Å². The Hall–Kier alpha value is -3.37. The molecule has 0 radical (unpaired) electrons. The number of benzene rings is 1. The van der Waals surface area contributed by atoms with Crippen molar-refractivity contribution in [1.29, 1.82) is 0 Å². The van der Waals surface area contributed by atoms with Gasteiger partial charge >= 0.3 is 0 Å². The summed E-state index contributed by atoms with van der Waals surface area (Å²) in [6.45, 7) is 0.531. The maximum Gasteiger partial charge on any atom is 0.274 e. The highest BCUT2D eigenvalue weighted by Crippen LogP contribution is 2.41. The van der Waals surface area contributed by atoms with Crippen molar-refractivity contribution in [2.45, 2.75) is 38.3 Å². The van der Waals surface area contributed by atoms with E-state index in [1.165, 1.54) is 6.92 Å². The lowest BCUT2D eigenvalue weighted by Crippen LogP contribution is -2.48. The number of aromatic nitrogens is 1. The second kappa shape index (κ2) is 7.64. The molecule has 0 spiro atoms. The summed E-state index contributed by atoms with van der Waals surface area (Å²) in [6.07, 6.45) is 0.376. The maximum atomic E-state index is 14.7. The predicted octanol–water partition coefficient (Wildman–Crippen LogP) is 2.50. The van der Waals surface area contributed by atoms with Crippen LogP contribution < -0.4 is 10.7 Å². The van der Waals surface area contributed by atoms with Gasteiger partial charge in [-0.05, 0) is 19.4 Å². The van der Waals surface area contributed by atoms with Crippen molar-refractivity contribution in [3.8, 4) is 5.75 Å². The highest BCUT2D eigenvalue weighted by atomic mass is 19.3. The molecule has 1 aromatic carbocycles. The quantitative estimate of drug-likeness (QED) is 0.699. The molecule has 1 aromatic heterocycles. The van der Waals surface area contributed by atoms with Gasteiger partial charge in [-0.2, -0.15) is 0 Å². The third-order valence-corrected chi connectivity index (χ3v) is 5.94. The molecule has 1 saturated heterocycles. The number of amides is 2. The van der Waals surface area contributed by atoms with E-state index in [4.69, 9.17) is 0 Å². The maximum absolute atomic E-state index is 14.7. The van der Waals surface area contributed by atoms with Crippen molar-refractivity contribution in [2.75, 3.05) is 13.1 Å². The van der Waals surface area contributed by atoms with Gasteiger partial charge in [-0.25, -0.2) is 17.6 Å². The minimum absolute atomic E-state index is 0.0464. The fourth-order valence-corrected chi connectivity index (χ4v) is 4.10. The van der Waals surface area contributed by atoms with Crippen molar-refractivity contribution < 1.29 is 32.3 Å². The zero-order valence-corrected chi connectivity index (χ0v) is 16.9. The highest BCUT2D eigenvalue weighted by Gasteiger charge is 2.49. The van der Waals surface area contributed by atoms with Gasteiger partial charge < -0.3 is 19.9 Å². The largest absolute Gasteiger partial charge is 0.503 e. The molecular formula is C21H19F4N3O4. The molecular weight excluding hydrogens is 434 g/mol. The molecule has 2 aromatic rings. The number of hydrogen-bond acceptors (Lipinski definition) is 4. The first-order valence-electron chi connectivity index (χ1n) is 9.89. The van der Waals surface area contributed by atoms with Crippen LogP contribution in [0.5, 0.6) is 5.75 Å². The Kier molecular flexibility index (Phi) is 5.22. The van der Waals surface area contributed by atoms with E-state index in [0.29, 0.717) is 0 Å². The molecule has 0 saturated carbocycles. The SMILES string of the molecule is Cc1c(F)ccc(CNC(=O)c2cn3c(c(O)c2=O)C(=O)N2CCCC(F)(F)[C@@H]3C2)c1F. The van der Waals surface area contributed by atoms with Crippen LogP contribution in [0.2, 0.25) is 0 Å². The normalized spacial score (nSPS) is 19.3. The van der Waals surface area contributed by atoms with Crippen LogP contribution in [0.4, 0.5) is 17.6 Å². The van der Waals surface area contributed by atoms with Gasteiger partial charge in [0.2, 0.25) is 5.43 Å². The summed E-state index contributed by atoms with van der Waals surface area (Å²) in [6, 6.07) is 0.576. The number of fused-ring (bicyclic) bond motifs is 4. The van der Waals surface area contributed by atoms with Crippen LogP contribution in [-0.4, -0.2) is 45.4 Å². The number of nitrogens with one attached hydrogen (secondary N) is 1. The lowest BCUT2D eigenvalue weighted by Gasteiger charge is -2.37. The molecule has 7 nitrogen and oxygen atoms in total. The highest BCUT2D eigenvalue weighted by molar-refractivity contribution is 5.99. The second-order valence-electron chi connectivity index (χ2n) is 7.94. The van der Waals surface area contributed by atoms with E-state index in [1.54, 1.807) is 0 Å². The third-order valence-electron chi connectivity index (χ3n) is 5.94. The molecule has 1 fully saturated rings. The average molecular weight is 453 g/mol. The number of rotatable bonds is 3. The average Bonchev–Trinajstić information content (AvgIpc) is 2.88.